The molecule has 246 valence electrons. The molecule has 0 spiro atoms. The summed E-state index contributed by atoms with van der Waals surface area (Å²) in [4.78, 5) is 31.0. The van der Waals surface area contributed by atoms with E-state index in [1.165, 1.54) is 19.1 Å². The lowest BCUT2D eigenvalue weighted by atomic mass is 10.1. The second kappa shape index (κ2) is 12.7. The lowest BCUT2D eigenvalue weighted by molar-refractivity contribution is -0.153. The molecule has 46 heavy (non-hydrogen) atoms. The van der Waals surface area contributed by atoms with E-state index in [4.69, 9.17) is 4.42 Å². The number of aromatic nitrogens is 2. The van der Waals surface area contributed by atoms with Gasteiger partial charge in [0.15, 0.2) is 0 Å². The molecule has 2 aromatic carbocycles. The van der Waals surface area contributed by atoms with E-state index in [9.17, 15) is 45.4 Å². The molecule has 0 atom stereocenters. The molecule has 0 unspecified atom stereocenters. The average molecular weight is 655 g/mol. The number of benzene rings is 2. The number of rotatable bonds is 8. The van der Waals surface area contributed by atoms with E-state index in [0.29, 0.717) is 11.6 Å². The molecule has 1 N–H and O–H groups in total. The smallest absolute Gasteiger partial charge is 0.449 e. The highest BCUT2D eigenvalue weighted by Gasteiger charge is 2.36. The molecule has 1 aliphatic rings. The van der Waals surface area contributed by atoms with Crippen LogP contribution in [0.15, 0.2) is 68.6 Å². The van der Waals surface area contributed by atoms with Gasteiger partial charge in [-0.15, -0.1) is 0 Å². The monoisotopic (exact) mass is 654 g/mol. The first kappa shape index (κ1) is 32.9. The largest absolute Gasteiger partial charge is 0.508 e. The molecule has 0 radical (unpaired) electrons. The van der Waals surface area contributed by atoms with Gasteiger partial charge in [0.25, 0.3) is 5.56 Å². The van der Waals surface area contributed by atoms with Crippen LogP contribution < -0.4 is 16.1 Å². The van der Waals surface area contributed by atoms with Gasteiger partial charge in [0.05, 0.1) is 18.7 Å². The number of hydrogen-bond donors (Lipinski definition) is 1. The van der Waals surface area contributed by atoms with Crippen LogP contribution in [0.1, 0.15) is 33.9 Å². The van der Waals surface area contributed by atoms with E-state index in [1.807, 2.05) is 4.90 Å². The SMILES string of the molecule is Cc1c(N2CCN(Cc3ccc(C(F)(F)F)o3)CC2)c(=O)n(CCc2ccccc2O)c(=O)n1Cc1c(F)cccc1C(F)(F)F. The van der Waals surface area contributed by atoms with Crippen LogP contribution >= 0.6 is 0 Å². The van der Waals surface area contributed by atoms with E-state index >= 15 is 0 Å². The standard InChI is InChI=1S/C31H29F7N4O4/c1-19-27(40-15-13-39(14-16-40)17-21-9-10-26(46-21)31(36,37)38)28(44)41(12-11-20-5-2-3-8-25(20)43)29(45)42(19)18-22-23(30(33,34)35)6-4-7-24(22)32/h2-10,43H,11-18H2,1H3. The summed E-state index contributed by atoms with van der Waals surface area (Å²) in [6, 6.07) is 10.8. The maximum atomic E-state index is 14.9. The summed E-state index contributed by atoms with van der Waals surface area (Å²) >= 11 is 0. The van der Waals surface area contributed by atoms with Gasteiger partial charge in [0, 0.05) is 44.0 Å². The highest BCUT2D eigenvalue weighted by molar-refractivity contribution is 5.50. The van der Waals surface area contributed by atoms with Gasteiger partial charge in [-0.1, -0.05) is 24.3 Å². The third kappa shape index (κ3) is 6.83. The number of aromatic hydroxyl groups is 1. The van der Waals surface area contributed by atoms with Crippen molar-refractivity contribution in [1.82, 2.24) is 14.0 Å². The van der Waals surface area contributed by atoms with Gasteiger partial charge in [-0.25, -0.2) is 9.18 Å². The topological polar surface area (TPSA) is 83.8 Å². The van der Waals surface area contributed by atoms with Gasteiger partial charge < -0.3 is 14.4 Å². The molecule has 1 saturated heterocycles. The number of halogens is 7. The molecule has 3 heterocycles. The van der Waals surface area contributed by atoms with Gasteiger partial charge in [0.1, 0.15) is 23.0 Å². The van der Waals surface area contributed by atoms with Gasteiger partial charge >= 0.3 is 18.0 Å². The number of hydrogen-bond acceptors (Lipinski definition) is 6. The van der Waals surface area contributed by atoms with E-state index in [1.54, 1.807) is 23.1 Å². The van der Waals surface area contributed by atoms with E-state index in [0.717, 1.165) is 27.3 Å². The summed E-state index contributed by atoms with van der Waals surface area (Å²) in [5, 5.41) is 10.2. The van der Waals surface area contributed by atoms with E-state index in [2.05, 4.69) is 0 Å². The van der Waals surface area contributed by atoms with Gasteiger partial charge in [-0.2, -0.15) is 26.3 Å². The molecule has 0 amide bonds. The van der Waals surface area contributed by atoms with Crippen molar-refractivity contribution in [3.05, 3.63) is 115 Å². The van der Waals surface area contributed by atoms with Crippen molar-refractivity contribution in [2.45, 2.75) is 45.3 Å². The highest BCUT2D eigenvalue weighted by atomic mass is 19.4. The molecule has 1 fully saturated rings. The van der Waals surface area contributed by atoms with Gasteiger partial charge in [-0.05, 0) is 49.2 Å². The number of para-hydroxylation sites is 1. The summed E-state index contributed by atoms with van der Waals surface area (Å²) in [6.07, 6.45) is -9.50. The third-order valence-electron chi connectivity index (χ3n) is 8.00. The summed E-state index contributed by atoms with van der Waals surface area (Å²) in [7, 11) is 0. The average Bonchev–Trinajstić information content (AvgIpc) is 3.46. The van der Waals surface area contributed by atoms with Crippen LogP contribution in [0.2, 0.25) is 0 Å². The zero-order valence-corrected chi connectivity index (χ0v) is 24.5. The summed E-state index contributed by atoms with van der Waals surface area (Å²) < 4.78 is 102. The molecule has 0 aliphatic carbocycles. The van der Waals surface area contributed by atoms with Crippen molar-refractivity contribution >= 4 is 5.69 Å². The normalized spacial score (nSPS) is 14.7. The van der Waals surface area contributed by atoms with Crippen LogP contribution in [-0.4, -0.2) is 45.3 Å². The maximum absolute atomic E-state index is 14.9. The molecule has 4 aromatic rings. The Bertz CT molecular complexity index is 1830. The Morgan fingerprint density at radius 1 is 0.826 bits per heavy atom. The number of alkyl halides is 6. The van der Waals surface area contributed by atoms with Crippen LogP contribution in [0.4, 0.5) is 36.4 Å². The Kier molecular flexibility index (Phi) is 9.07. The molecule has 0 saturated carbocycles. The quantitative estimate of drug-likeness (QED) is 0.256. The Hall–Kier alpha value is -4.53. The Morgan fingerprint density at radius 3 is 2.15 bits per heavy atom. The minimum atomic E-state index is -4.91. The second-order valence-electron chi connectivity index (χ2n) is 10.9. The first-order chi connectivity index (χ1) is 21.6. The van der Waals surface area contributed by atoms with Crippen molar-refractivity contribution in [2.75, 3.05) is 31.1 Å². The third-order valence-corrected chi connectivity index (χ3v) is 8.00. The molecule has 15 heteroatoms. The minimum absolute atomic E-state index is 0.0267. The number of piperazine rings is 1. The van der Waals surface area contributed by atoms with Crippen molar-refractivity contribution in [1.29, 1.82) is 0 Å². The number of anilines is 1. The van der Waals surface area contributed by atoms with E-state index < -0.39 is 52.9 Å². The Labute approximate surface area is 257 Å². The van der Waals surface area contributed by atoms with Crippen molar-refractivity contribution in [2.24, 2.45) is 0 Å². The molecule has 0 bridgehead atoms. The number of phenols is 1. The van der Waals surface area contributed by atoms with E-state index in [-0.39, 0.29) is 68.6 Å². The number of phenolic OH excluding ortho intramolecular Hbond substituents is 1. The zero-order chi connectivity index (χ0) is 33.4. The second-order valence-corrected chi connectivity index (χ2v) is 10.9. The molecule has 2 aromatic heterocycles. The molecule has 5 rings (SSSR count). The van der Waals surface area contributed by atoms with Crippen LogP contribution in [0.25, 0.3) is 0 Å². The van der Waals surface area contributed by atoms with Gasteiger partial charge in [-0.3, -0.25) is 18.8 Å². The number of furan rings is 1. The first-order valence-electron chi connectivity index (χ1n) is 14.2. The van der Waals surface area contributed by atoms with Crippen molar-refractivity contribution in [3.63, 3.8) is 0 Å². The summed E-state index contributed by atoms with van der Waals surface area (Å²) in [5.74, 6) is -2.26. The lowest BCUT2D eigenvalue weighted by Crippen LogP contribution is -2.51. The highest BCUT2D eigenvalue weighted by Crippen LogP contribution is 2.34. The van der Waals surface area contributed by atoms with Crippen LogP contribution in [-0.2, 0) is 38.4 Å². The molecular formula is C31H29F7N4O4. The fourth-order valence-electron chi connectivity index (χ4n) is 5.60. The molecule has 1 aliphatic heterocycles. The molecule has 8 nitrogen and oxygen atoms in total. The predicted octanol–water partition coefficient (Wildman–Crippen LogP) is 5.41. The van der Waals surface area contributed by atoms with Crippen LogP contribution in [0.3, 0.4) is 0 Å². The van der Waals surface area contributed by atoms with Gasteiger partial charge in [0.2, 0.25) is 5.76 Å². The Balaban J connectivity index is 1.49. The predicted molar refractivity (Wildman–Crippen MR) is 153 cm³/mol. The molecular weight excluding hydrogens is 625 g/mol. The zero-order valence-electron chi connectivity index (χ0n) is 24.5. The fourth-order valence-corrected chi connectivity index (χ4v) is 5.60. The fraction of sp³-hybridized carbons (Fsp3) is 0.355. The maximum Gasteiger partial charge on any atom is 0.449 e. The van der Waals surface area contributed by atoms with Crippen LogP contribution in [0, 0.1) is 12.7 Å². The van der Waals surface area contributed by atoms with Crippen molar-refractivity contribution < 1.29 is 40.3 Å². The summed E-state index contributed by atoms with van der Waals surface area (Å²) in [5.41, 5.74) is -3.21. The Morgan fingerprint density at radius 2 is 1.52 bits per heavy atom. The lowest BCUT2D eigenvalue weighted by Gasteiger charge is -2.36. The minimum Gasteiger partial charge on any atom is -0.508 e. The van der Waals surface area contributed by atoms with Crippen LogP contribution in [0.5, 0.6) is 5.75 Å². The first-order valence-corrected chi connectivity index (χ1v) is 14.2. The number of nitrogens with zero attached hydrogens (tertiary/aromatic N) is 4. The summed E-state index contributed by atoms with van der Waals surface area (Å²) in [6.45, 7) is 1.37. The number of aryl methyl sites for hydroxylation is 1. The van der Waals surface area contributed by atoms with Crippen molar-refractivity contribution in [3.8, 4) is 5.75 Å².